The summed E-state index contributed by atoms with van der Waals surface area (Å²) in [5, 5.41) is 10.4. The molecule has 0 unspecified atom stereocenters. The highest BCUT2D eigenvalue weighted by molar-refractivity contribution is 5.76. The highest BCUT2D eigenvalue weighted by atomic mass is 16.7. The van der Waals surface area contributed by atoms with Gasteiger partial charge in [-0.05, 0) is 84.9 Å². The van der Waals surface area contributed by atoms with Gasteiger partial charge in [0.2, 0.25) is 12.7 Å². The van der Waals surface area contributed by atoms with Crippen molar-refractivity contribution in [3.05, 3.63) is 52.6 Å². The molecular formula is C26H33NO4. The number of aromatic hydroxyl groups is 1. The van der Waals surface area contributed by atoms with Crippen molar-refractivity contribution in [1.82, 2.24) is 4.90 Å². The summed E-state index contributed by atoms with van der Waals surface area (Å²) in [7, 11) is 0. The summed E-state index contributed by atoms with van der Waals surface area (Å²) in [6, 6.07) is 10.0. The second kappa shape index (κ2) is 9.63. The average molecular weight is 424 g/mol. The number of phenolic OH excluding ortho intramolecular Hbond substituents is 1. The van der Waals surface area contributed by atoms with Crippen molar-refractivity contribution < 1.29 is 19.4 Å². The molecule has 5 nitrogen and oxygen atoms in total. The minimum absolute atomic E-state index is 0.244. The fourth-order valence-electron chi connectivity index (χ4n) is 4.41. The van der Waals surface area contributed by atoms with E-state index in [1.807, 2.05) is 11.0 Å². The Hall–Kier alpha value is -2.69. The van der Waals surface area contributed by atoms with Crippen LogP contribution in [0.1, 0.15) is 55.4 Å². The quantitative estimate of drug-likeness (QED) is 0.780. The molecule has 0 fully saturated rings. The number of nitrogens with zero attached hydrogens (tertiary/aromatic N) is 1. The van der Waals surface area contributed by atoms with Gasteiger partial charge in [-0.25, -0.2) is 0 Å². The van der Waals surface area contributed by atoms with Crippen molar-refractivity contribution in [3.8, 4) is 17.2 Å². The highest BCUT2D eigenvalue weighted by Crippen LogP contribution is 2.36. The van der Waals surface area contributed by atoms with Gasteiger partial charge in [-0.3, -0.25) is 4.79 Å². The summed E-state index contributed by atoms with van der Waals surface area (Å²) >= 11 is 0. The van der Waals surface area contributed by atoms with Crippen molar-refractivity contribution in [1.29, 1.82) is 0 Å². The molecule has 0 saturated heterocycles. The van der Waals surface area contributed by atoms with E-state index < -0.39 is 0 Å². The number of aryl methyl sites for hydroxylation is 3. The number of hydrogen-bond acceptors (Lipinski definition) is 4. The molecular weight excluding hydrogens is 390 g/mol. The van der Waals surface area contributed by atoms with Gasteiger partial charge < -0.3 is 19.5 Å². The fraction of sp³-hybridized carbons (Fsp3) is 0.500. The summed E-state index contributed by atoms with van der Waals surface area (Å²) in [4.78, 5) is 14.9. The number of carbonyl (C=O) groups excluding carboxylic acids is 1. The molecule has 2 aliphatic heterocycles. The van der Waals surface area contributed by atoms with Crippen LogP contribution in [0.2, 0.25) is 0 Å². The molecule has 0 atom stereocenters. The second-order valence-corrected chi connectivity index (χ2v) is 9.10. The van der Waals surface area contributed by atoms with E-state index in [-0.39, 0.29) is 12.7 Å². The third-order valence-electron chi connectivity index (χ3n) is 6.34. The van der Waals surface area contributed by atoms with Gasteiger partial charge in [0, 0.05) is 19.5 Å². The minimum atomic E-state index is 0.244. The number of fused-ring (bicyclic) bond motifs is 4. The summed E-state index contributed by atoms with van der Waals surface area (Å²) < 4.78 is 11.2. The largest absolute Gasteiger partial charge is 0.508 e. The van der Waals surface area contributed by atoms with Crippen LogP contribution in [0.3, 0.4) is 0 Å². The van der Waals surface area contributed by atoms with Crippen LogP contribution in [0, 0.1) is 5.92 Å². The number of benzene rings is 2. The van der Waals surface area contributed by atoms with Crippen LogP contribution >= 0.6 is 0 Å². The van der Waals surface area contributed by atoms with E-state index in [4.69, 9.17) is 9.47 Å². The summed E-state index contributed by atoms with van der Waals surface area (Å²) in [5.74, 6) is 2.71. The number of amides is 1. The van der Waals surface area contributed by atoms with Gasteiger partial charge in [-0.2, -0.15) is 0 Å². The number of hydrogen-bond donors (Lipinski definition) is 1. The molecule has 1 amide bonds. The predicted molar refractivity (Wildman–Crippen MR) is 121 cm³/mol. The zero-order chi connectivity index (χ0) is 21.8. The Kier molecular flexibility index (Phi) is 6.69. The molecule has 0 spiro atoms. The third kappa shape index (κ3) is 5.33. The molecule has 5 heteroatoms. The van der Waals surface area contributed by atoms with Gasteiger partial charge in [0.1, 0.15) is 5.75 Å². The number of carbonyl (C=O) groups is 1. The Balaban J connectivity index is 1.60. The first-order valence-electron chi connectivity index (χ1n) is 11.5. The molecule has 4 rings (SSSR count). The van der Waals surface area contributed by atoms with E-state index in [1.165, 1.54) is 16.7 Å². The van der Waals surface area contributed by atoms with Gasteiger partial charge >= 0.3 is 0 Å². The Labute approximate surface area is 185 Å². The van der Waals surface area contributed by atoms with Crippen molar-refractivity contribution in [2.24, 2.45) is 5.92 Å². The predicted octanol–water partition coefficient (Wildman–Crippen LogP) is 4.66. The van der Waals surface area contributed by atoms with E-state index in [9.17, 15) is 9.90 Å². The Morgan fingerprint density at radius 1 is 0.968 bits per heavy atom. The summed E-state index contributed by atoms with van der Waals surface area (Å²) in [6.07, 6.45) is 5.75. The summed E-state index contributed by atoms with van der Waals surface area (Å²) in [6.45, 7) is 6.06. The third-order valence-corrected chi connectivity index (χ3v) is 6.34. The van der Waals surface area contributed by atoms with Crippen LogP contribution < -0.4 is 9.47 Å². The van der Waals surface area contributed by atoms with E-state index in [0.29, 0.717) is 18.1 Å². The lowest BCUT2D eigenvalue weighted by molar-refractivity contribution is -0.131. The maximum Gasteiger partial charge on any atom is 0.231 e. The molecule has 2 bridgehead atoms. The fourth-order valence-corrected chi connectivity index (χ4v) is 4.41. The van der Waals surface area contributed by atoms with Crippen molar-refractivity contribution in [3.63, 3.8) is 0 Å². The Morgan fingerprint density at radius 3 is 2.42 bits per heavy atom. The molecule has 0 saturated carbocycles. The van der Waals surface area contributed by atoms with Crippen LogP contribution in [0.15, 0.2) is 30.3 Å². The maximum atomic E-state index is 12.9. The smallest absolute Gasteiger partial charge is 0.231 e. The van der Waals surface area contributed by atoms with E-state index in [2.05, 4.69) is 32.0 Å². The first-order valence-corrected chi connectivity index (χ1v) is 11.5. The van der Waals surface area contributed by atoms with Gasteiger partial charge in [0.25, 0.3) is 0 Å². The zero-order valence-electron chi connectivity index (χ0n) is 18.7. The number of rotatable bonds is 3. The lowest BCUT2D eigenvalue weighted by atomic mass is 9.95. The molecule has 31 heavy (non-hydrogen) atoms. The van der Waals surface area contributed by atoms with Crippen LogP contribution in [0.25, 0.3) is 0 Å². The van der Waals surface area contributed by atoms with Crippen molar-refractivity contribution in [2.45, 2.75) is 58.8 Å². The minimum Gasteiger partial charge on any atom is -0.508 e. The number of ether oxygens (including phenoxy) is 2. The lowest BCUT2D eigenvalue weighted by Gasteiger charge is -2.23. The second-order valence-electron chi connectivity index (χ2n) is 9.10. The number of phenols is 1. The SMILES string of the molecule is CC(C)CCC(=O)N1CCCc2cc3c(cc2CCc2cc(ccc2O)CC1)OCO3. The van der Waals surface area contributed by atoms with E-state index in [1.54, 1.807) is 6.07 Å². The molecule has 2 aromatic carbocycles. The molecule has 2 heterocycles. The van der Waals surface area contributed by atoms with Crippen LogP contribution in [-0.2, 0) is 30.5 Å². The van der Waals surface area contributed by atoms with Gasteiger partial charge in [-0.1, -0.05) is 26.0 Å². The molecule has 0 aromatic heterocycles. The molecule has 2 aromatic rings. The molecule has 2 aliphatic rings. The van der Waals surface area contributed by atoms with Crippen molar-refractivity contribution in [2.75, 3.05) is 19.9 Å². The molecule has 0 aliphatic carbocycles. The Bertz CT molecular complexity index is 937. The first-order chi connectivity index (χ1) is 15.0. The molecule has 0 radical (unpaired) electrons. The maximum absolute atomic E-state index is 12.9. The first kappa shape index (κ1) is 21.5. The summed E-state index contributed by atoms with van der Waals surface area (Å²) in [5.41, 5.74) is 4.59. The topological polar surface area (TPSA) is 59.0 Å². The van der Waals surface area contributed by atoms with E-state index >= 15 is 0 Å². The van der Waals surface area contributed by atoms with Crippen LogP contribution in [-0.4, -0.2) is 35.8 Å². The molecule has 166 valence electrons. The van der Waals surface area contributed by atoms with E-state index in [0.717, 1.165) is 68.7 Å². The van der Waals surface area contributed by atoms with Crippen LogP contribution in [0.4, 0.5) is 0 Å². The van der Waals surface area contributed by atoms with Gasteiger partial charge in [-0.15, -0.1) is 0 Å². The highest BCUT2D eigenvalue weighted by Gasteiger charge is 2.19. The standard InChI is InChI=1S/C26H33NO4/c1-18(2)5-10-26(29)27-12-3-4-20-15-24-25(31-17-30-24)16-21(20)7-8-22-14-19(11-13-27)6-9-23(22)28/h6,9,14-16,18,28H,3-5,7-8,10-13,17H2,1-2H3. The van der Waals surface area contributed by atoms with Gasteiger partial charge in [0.05, 0.1) is 0 Å². The van der Waals surface area contributed by atoms with Crippen molar-refractivity contribution >= 4 is 5.91 Å². The lowest BCUT2D eigenvalue weighted by Crippen LogP contribution is -2.34. The average Bonchev–Trinajstić information content (AvgIpc) is 3.21. The zero-order valence-corrected chi connectivity index (χ0v) is 18.7. The molecule has 1 N–H and O–H groups in total. The van der Waals surface area contributed by atoms with Crippen LogP contribution in [0.5, 0.6) is 17.2 Å². The van der Waals surface area contributed by atoms with Gasteiger partial charge in [0.15, 0.2) is 11.5 Å². The monoisotopic (exact) mass is 423 g/mol. The Morgan fingerprint density at radius 2 is 1.68 bits per heavy atom. The normalized spacial score (nSPS) is 16.3.